The number of ether oxygens (including phenoxy) is 2. The third-order valence-electron chi connectivity index (χ3n) is 1.89. The fourth-order valence-corrected chi connectivity index (χ4v) is 1.47. The summed E-state index contributed by atoms with van der Waals surface area (Å²) in [5, 5.41) is 12.5. The average molecular weight is 303 g/mol. The van der Waals surface area contributed by atoms with Crippen LogP contribution in [-0.4, -0.2) is 43.9 Å². The molecule has 2 aromatic rings. The number of aromatic amines is 2. The summed E-state index contributed by atoms with van der Waals surface area (Å²) in [6, 6.07) is 0. The Morgan fingerprint density at radius 3 is 1.85 bits per heavy atom. The highest BCUT2D eigenvalue weighted by molar-refractivity contribution is 7.33. The zero-order chi connectivity index (χ0) is 14.0. The molecule has 0 saturated carbocycles. The molecule has 0 aliphatic heterocycles. The Balaban J connectivity index is 1.46. The molecule has 2 aromatic heterocycles. The van der Waals surface area contributed by atoms with Crippen LogP contribution >= 0.6 is 8.25 Å². The average Bonchev–Trinajstić information content (AvgIpc) is 3.13. The number of nitrogens with zero attached hydrogens (tertiary/aromatic N) is 4. The summed E-state index contributed by atoms with van der Waals surface area (Å²) in [6.07, 6.45) is 2.71. The van der Waals surface area contributed by atoms with Crippen molar-refractivity contribution in [1.82, 2.24) is 30.4 Å². The van der Waals surface area contributed by atoms with E-state index in [0.717, 1.165) is 0 Å². The largest absolute Gasteiger partial charge is 0.702 e. The van der Waals surface area contributed by atoms with Gasteiger partial charge in [0.2, 0.25) is 13.6 Å². The van der Waals surface area contributed by atoms with Gasteiger partial charge in [-0.25, -0.2) is 9.97 Å². The van der Waals surface area contributed by atoms with Gasteiger partial charge in [-0.05, 0) is 0 Å². The molecule has 0 spiro atoms. The Kier molecular flexibility index (Phi) is 6.14. The number of hydrogen-bond donors (Lipinski definition) is 2. The van der Waals surface area contributed by atoms with Crippen molar-refractivity contribution in [1.29, 1.82) is 0 Å². The van der Waals surface area contributed by atoms with E-state index >= 15 is 0 Å². The molecule has 0 aromatic carbocycles. The van der Waals surface area contributed by atoms with Crippen LogP contribution in [0.5, 0.6) is 0 Å². The zero-order valence-corrected chi connectivity index (χ0v) is 11.2. The Hall–Kier alpha value is -1.78. The van der Waals surface area contributed by atoms with Crippen LogP contribution in [0, 0.1) is 0 Å². The third kappa shape index (κ3) is 5.47. The molecule has 0 amide bonds. The molecule has 20 heavy (non-hydrogen) atoms. The summed E-state index contributed by atoms with van der Waals surface area (Å²) in [5.74, 6) is 1.08. The van der Waals surface area contributed by atoms with Crippen molar-refractivity contribution in [2.45, 2.75) is 13.2 Å². The normalized spacial score (nSPS) is 10.8. The Bertz CT molecular complexity index is 447. The van der Waals surface area contributed by atoms with Crippen molar-refractivity contribution in [3.63, 3.8) is 0 Å². The molecule has 11 nitrogen and oxygen atoms in total. The molecule has 2 N–H and O–H groups in total. The van der Waals surface area contributed by atoms with E-state index in [4.69, 9.17) is 18.5 Å². The van der Waals surface area contributed by atoms with Crippen LogP contribution in [0.15, 0.2) is 12.7 Å². The first-order valence-electron chi connectivity index (χ1n) is 5.41. The standard InChI is InChI=1S/C8H12N6O5P/c15-20(18-5-16-1-7-9-3-11-13-7)19-6-17-2-8-10-4-12-14-8/h3-4H,1-2,5-6H2,(H,9,11,13)(H,10,12,14)/q+1. The van der Waals surface area contributed by atoms with Crippen LogP contribution in [-0.2, 0) is 36.3 Å². The molecule has 0 saturated heterocycles. The minimum absolute atomic E-state index is 0.172. The maximum Gasteiger partial charge on any atom is 0.702 e. The van der Waals surface area contributed by atoms with E-state index in [0.29, 0.717) is 11.6 Å². The van der Waals surface area contributed by atoms with E-state index in [2.05, 4.69) is 30.4 Å². The smallest absolute Gasteiger partial charge is 0.342 e. The van der Waals surface area contributed by atoms with Gasteiger partial charge in [-0.1, -0.05) is 9.05 Å². The van der Waals surface area contributed by atoms with Gasteiger partial charge in [-0.3, -0.25) is 10.2 Å². The quantitative estimate of drug-likeness (QED) is 0.359. The highest BCUT2D eigenvalue weighted by atomic mass is 31.1. The lowest BCUT2D eigenvalue weighted by atomic mass is 10.7. The lowest BCUT2D eigenvalue weighted by Crippen LogP contribution is -2.01. The number of aromatic nitrogens is 6. The van der Waals surface area contributed by atoms with Crippen LogP contribution in [0.3, 0.4) is 0 Å². The molecule has 0 radical (unpaired) electrons. The minimum atomic E-state index is -2.31. The van der Waals surface area contributed by atoms with Crippen molar-refractivity contribution in [3.8, 4) is 0 Å². The highest BCUT2D eigenvalue weighted by Gasteiger charge is 2.20. The summed E-state index contributed by atoms with van der Waals surface area (Å²) in [4.78, 5) is 7.67. The van der Waals surface area contributed by atoms with E-state index in [1.165, 1.54) is 12.7 Å². The topological polar surface area (TPSA) is 137 Å². The predicted molar refractivity (Wildman–Crippen MR) is 61.9 cm³/mol. The monoisotopic (exact) mass is 303 g/mol. The molecule has 108 valence electrons. The molecule has 0 fully saturated rings. The molecule has 0 unspecified atom stereocenters. The molecular formula is C8H12N6O5P+. The predicted octanol–water partition coefficient (Wildman–Crippen LogP) is 0.262. The van der Waals surface area contributed by atoms with Crippen molar-refractivity contribution in [3.05, 3.63) is 24.3 Å². The summed E-state index contributed by atoms with van der Waals surface area (Å²) in [5.41, 5.74) is 0. The SMILES string of the molecule is O=[P+](OCOCc1ncn[nH]1)OCOCc1ncn[nH]1. The van der Waals surface area contributed by atoms with Crippen molar-refractivity contribution in [2.24, 2.45) is 0 Å². The van der Waals surface area contributed by atoms with Crippen molar-refractivity contribution in [2.75, 3.05) is 13.6 Å². The second-order valence-corrected chi connectivity index (χ2v) is 4.24. The van der Waals surface area contributed by atoms with Gasteiger partial charge >= 0.3 is 8.25 Å². The maximum atomic E-state index is 11.2. The Morgan fingerprint density at radius 2 is 1.45 bits per heavy atom. The third-order valence-corrected chi connectivity index (χ3v) is 2.52. The molecule has 0 bridgehead atoms. The van der Waals surface area contributed by atoms with Gasteiger partial charge < -0.3 is 9.47 Å². The second kappa shape index (κ2) is 8.40. The second-order valence-electron chi connectivity index (χ2n) is 3.28. The molecule has 0 aliphatic carbocycles. The lowest BCUT2D eigenvalue weighted by Gasteiger charge is -1.96. The van der Waals surface area contributed by atoms with Crippen molar-refractivity contribution < 1.29 is 23.1 Å². The van der Waals surface area contributed by atoms with Gasteiger partial charge in [0.25, 0.3) is 0 Å². The molecule has 2 heterocycles. The summed E-state index contributed by atoms with van der Waals surface area (Å²) < 4.78 is 30.8. The van der Waals surface area contributed by atoms with Crippen LogP contribution in [0.25, 0.3) is 0 Å². The van der Waals surface area contributed by atoms with Gasteiger partial charge in [0.05, 0.1) is 0 Å². The number of nitrogens with one attached hydrogen (secondary N) is 2. The fourth-order valence-electron chi connectivity index (χ4n) is 1.08. The van der Waals surface area contributed by atoms with Crippen LogP contribution < -0.4 is 0 Å². The molecule has 2 rings (SSSR count). The Labute approximate surface area is 114 Å². The van der Waals surface area contributed by atoms with Gasteiger partial charge in [0.1, 0.15) is 37.5 Å². The van der Waals surface area contributed by atoms with E-state index in [1.54, 1.807) is 0 Å². The van der Waals surface area contributed by atoms with Gasteiger partial charge in [-0.2, -0.15) is 10.2 Å². The van der Waals surface area contributed by atoms with Crippen LogP contribution in [0.4, 0.5) is 0 Å². The van der Waals surface area contributed by atoms with Gasteiger partial charge in [0.15, 0.2) is 0 Å². The summed E-state index contributed by atoms with van der Waals surface area (Å²) in [6.45, 7) is -0.0493. The first-order valence-corrected chi connectivity index (χ1v) is 6.51. The number of hydrogen-bond acceptors (Lipinski definition) is 9. The zero-order valence-electron chi connectivity index (χ0n) is 10.3. The fraction of sp³-hybridized carbons (Fsp3) is 0.500. The Morgan fingerprint density at radius 1 is 0.950 bits per heavy atom. The lowest BCUT2D eigenvalue weighted by molar-refractivity contribution is -0.0293. The van der Waals surface area contributed by atoms with Gasteiger partial charge in [0, 0.05) is 4.57 Å². The highest BCUT2D eigenvalue weighted by Crippen LogP contribution is 2.23. The molecule has 0 atom stereocenters. The minimum Gasteiger partial charge on any atom is -0.342 e. The van der Waals surface area contributed by atoms with E-state index in [-0.39, 0.29) is 26.8 Å². The first-order chi connectivity index (χ1) is 9.84. The number of H-pyrrole nitrogens is 2. The van der Waals surface area contributed by atoms with Crippen LogP contribution in [0.2, 0.25) is 0 Å². The summed E-state index contributed by atoms with van der Waals surface area (Å²) >= 11 is 0. The molecule has 12 heteroatoms. The maximum absolute atomic E-state index is 11.2. The first kappa shape index (κ1) is 14.6. The van der Waals surface area contributed by atoms with Crippen LogP contribution in [0.1, 0.15) is 11.6 Å². The molecule has 0 aliphatic rings. The van der Waals surface area contributed by atoms with E-state index < -0.39 is 8.25 Å². The molecular weight excluding hydrogens is 291 g/mol. The number of rotatable bonds is 10. The van der Waals surface area contributed by atoms with Gasteiger partial charge in [-0.15, -0.1) is 0 Å². The summed E-state index contributed by atoms with van der Waals surface area (Å²) in [7, 11) is -2.31. The van der Waals surface area contributed by atoms with E-state index in [9.17, 15) is 4.57 Å². The van der Waals surface area contributed by atoms with Crippen molar-refractivity contribution >= 4 is 8.25 Å². The van der Waals surface area contributed by atoms with E-state index in [1.807, 2.05) is 0 Å².